The molecule has 0 aromatic heterocycles. The highest BCUT2D eigenvalue weighted by Gasteiger charge is 2.20. The molecule has 0 saturated heterocycles. The number of hydrogen-bond acceptors (Lipinski definition) is 2. The molecule has 1 heterocycles. The van der Waals surface area contributed by atoms with Crippen LogP contribution in [-0.4, -0.2) is 13.2 Å². The Morgan fingerprint density at radius 2 is 2.29 bits per heavy atom. The van der Waals surface area contributed by atoms with Crippen LogP contribution < -0.4 is 10.5 Å². The molecule has 0 saturated carbocycles. The van der Waals surface area contributed by atoms with Gasteiger partial charge in [-0.3, -0.25) is 0 Å². The third-order valence-corrected chi connectivity index (χ3v) is 3.89. The second kappa shape index (κ2) is 5.28. The van der Waals surface area contributed by atoms with Gasteiger partial charge in [-0.25, -0.2) is 0 Å². The first-order chi connectivity index (χ1) is 8.15. The van der Waals surface area contributed by atoms with Gasteiger partial charge in [0.25, 0.3) is 0 Å². The number of hydrogen-bond donors (Lipinski definition) is 1. The van der Waals surface area contributed by atoms with Crippen molar-refractivity contribution < 1.29 is 4.74 Å². The topological polar surface area (TPSA) is 35.2 Å². The minimum Gasteiger partial charge on any atom is -0.492 e. The zero-order valence-electron chi connectivity index (χ0n) is 10.6. The van der Waals surface area contributed by atoms with Gasteiger partial charge in [-0.05, 0) is 61.4 Å². The van der Waals surface area contributed by atoms with Gasteiger partial charge in [0.15, 0.2) is 0 Å². The van der Waals surface area contributed by atoms with Crippen molar-refractivity contribution in [1.29, 1.82) is 0 Å². The van der Waals surface area contributed by atoms with E-state index in [1.807, 2.05) is 0 Å². The first-order valence-corrected chi connectivity index (χ1v) is 6.67. The maximum absolute atomic E-state index is 6.31. The van der Waals surface area contributed by atoms with E-state index in [1.54, 1.807) is 0 Å². The van der Waals surface area contributed by atoms with E-state index in [9.17, 15) is 0 Å². The lowest BCUT2D eigenvalue weighted by Crippen LogP contribution is -2.13. The molecule has 17 heavy (non-hydrogen) atoms. The molecule has 2 nitrogen and oxygen atoms in total. The molecule has 0 radical (unpaired) electrons. The lowest BCUT2D eigenvalue weighted by atomic mass is 9.88. The molecule has 3 heteroatoms. The molecule has 2 N–H and O–H groups in total. The zero-order valence-corrected chi connectivity index (χ0v) is 11.3. The maximum Gasteiger partial charge on any atom is 0.141 e. The standard InChI is InChI=1S/C14H20ClNO/c1-9(5-6-16)12-8-13(15)14-11(10(12)2)4-3-7-17-14/h8-9H,3-7,16H2,1-2H3. The Morgan fingerprint density at radius 1 is 1.53 bits per heavy atom. The van der Waals surface area contributed by atoms with Gasteiger partial charge >= 0.3 is 0 Å². The number of halogens is 1. The summed E-state index contributed by atoms with van der Waals surface area (Å²) in [6.45, 7) is 5.88. The Hall–Kier alpha value is -0.730. The van der Waals surface area contributed by atoms with E-state index in [4.69, 9.17) is 22.1 Å². The molecular formula is C14H20ClNO. The summed E-state index contributed by atoms with van der Waals surface area (Å²) in [6.07, 6.45) is 3.15. The molecule has 1 aliphatic rings. The van der Waals surface area contributed by atoms with Crippen molar-refractivity contribution in [1.82, 2.24) is 0 Å². The van der Waals surface area contributed by atoms with Gasteiger partial charge < -0.3 is 10.5 Å². The smallest absolute Gasteiger partial charge is 0.141 e. The molecule has 1 aromatic carbocycles. The van der Waals surface area contributed by atoms with Crippen molar-refractivity contribution in [3.63, 3.8) is 0 Å². The molecule has 1 aliphatic heterocycles. The van der Waals surface area contributed by atoms with E-state index in [1.165, 1.54) is 16.7 Å². The van der Waals surface area contributed by atoms with Crippen molar-refractivity contribution in [3.8, 4) is 5.75 Å². The van der Waals surface area contributed by atoms with Gasteiger partial charge in [-0.2, -0.15) is 0 Å². The monoisotopic (exact) mass is 253 g/mol. The van der Waals surface area contributed by atoms with Crippen LogP contribution in [0.4, 0.5) is 0 Å². The molecule has 0 fully saturated rings. The molecule has 1 atom stereocenters. The van der Waals surface area contributed by atoms with Crippen LogP contribution in [0.5, 0.6) is 5.75 Å². The predicted octanol–water partition coefficient (Wildman–Crippen LogP) is 3.43. The quantitative estimate of drug-likeness (QED) is 0.896. The minimum absolute atomic E-state index is 0.463. The fraction of sp³-hybridized carbons (Fsp3) is 0.571. The van der Waals surface area contributed by atoms with Gasteiger partial charge in [-0.1, -0.05) is 18.5 Å². The van der Waals surface area contributed by atoms with E-state index in [2.05, 4.69) is 19.9 Å². The predicted molar refractivity (Wildman–Crippen MR) is 72.1 cm³/mol. The summed E-state index contributed by atoms with van der Waals surface area (Å²) in [5, 5.41) is 0.754. The third kappa shape index (κ3) is 2.43. The SMILES string of the molecule is Cc1c(C(C)CCN)cc(Cl)c2c1CCCO2. The number of fused-ring (bicyclic) bond motifs is 1. The summed E-state index contributed by atoms with van der Waals surface area (Å²) in [5.41, 5.74) is 9.59. The third-order valence-electron chi connectivity index (χ3n) is 3.61. The maximum atomic E-state index is 6.31. The largest absolute Gasteiger partial charge is 0.492 e. The molecular weight excluding hydrogens is 234 g/mol. The van der Waals surface area contributed by atoms with Gasteiger partial charge in [0.05, 0.1) is 11.6 Å². The Balaban J connectivity index is 2.44. The van der Waals surface area contributed by atoms with Crippen molar-refractivity contribution in [2.45, 2.75) is 39.0 Å². The lowest BCUT2D eigenvalue weighted by Gasteiger charge is -2.24. The average molecular weight is 254 g/mol. The van der Waals surface area contributed by atoms with Gasteiger partial charge in [0, 0.05) is 0 Å². The molecule has 94 valence electrons. The highest BCUT2D eigenvalue weighted by atomic mass is 35.5. The molecule has 0 bridgehead atoms. The van der Waals surface area contributed by atoms with Crippen molar-refractivity contribution in [2.75, 3.05) is 13.2 Å². The second-order valence-corrected chi connectivity index (χ2v) is 5.22. The lowest BCUT2D eigenvalue weighted by molar-refractivity contribution is 0.287. The molecule has 0 spiro atoms. The first-order valence-electron chi connectivity index (χ1n) is 6.30. The summed E-state index contributed by atoms with van der Waals surface area (Å²) in [7, 11) is 0. The summed E-state index contributed by atoms with van der Waals surface area (Å²) in [6, 6.07) is 2.06. The summed E-state index contributed by atoms with van der Waals surface area (Å²) in [5.74, 6) is 1.36. The van der Waals surface area contributed by atoms with Crippen LogP contribution in [0, 0.1) is 6.92 Å². The van der Waals surface area contributed by atoms with Crippen LogP contribution in [0.1, 0.15) is 42.4 Å². The molecule has 2 rings (SSSR count). The Kier molecular flexibility index (Phi) is 3.95. The first kappa shape index (κ1) is 12.7. The normalized spacial score (nSPS) is 16.2. The Bertz CT molecular complexity index is 417. The van der Waals surface area contributed by atoms with Crippen LogP contribution in [0.3, 0.4) is 0 Å². The number of nitrogens with two attached hydrogens (primary N) is 1. The van der Waals surface area contributed by atoms with E-state index in [-0.39, 0.29) is 0 Å². The van der Waals surface area contributed by atoms with Crippen molar-refractivity contribution in [3.05, 3.63) is 27.8 Å². The molecule has 0 amide bonds. The van der Waals surface area contributed by atoms with Gasteiger partial charge in [0.2, 0.25) is 0 Å². The minimum atomic E-state index is 0.463. The van der Waals surface area contributed by atoms with Crippen LogP contribution in [0.25, 0.3) is 0 Å². The summed E-state index contributed by atoms with van der Waals surface area (Å²) in [4.78, 5) is 0. The number of rotatable bonds is 3. The van der Waals surface area contributed by atoms with Crippen LogP contribution >= 0.6 is 11.6 Å². The fourth-order valence-corrected chi connectivity index (χ4v) is 2.88. The summed E-state index contributed by atoms with van der Waals surface area (Å²) < 4.78 is 5.67. The number of ether oxygens (including phenoxy) is 1. The Morgan fingerprint density at radius 3 is 3.00 bits per heavy atom. The molecule has 1 unspecified atom stereocenters. The van der Waals surface area contributed by atoms with E-state index < -0.39 is 0 Å². The van der Waals surface area contributed by atoms with Gasteiger partial charge in [0.1, 0.15) is 5.75 Å². The van der Waals surface area contributed by atoms with Crippen LogP contribution in [-0.2, 0) is 6.42 Å². The van der Waals surface area contributed by atoms with E-state index in [0.717, 1.165) is 36.6 Å². The van der Waals surface area contributed by atoms with E-state index >= 15 is 0 Å². The molecule has 1 aromatic rings. The highest BCUT2D eigenvalue weighted by Crippen LogP contribution is 2.39. The van der Waals surface area contributed by atoms with Crippen molar-refractivity contribution >= 4 is 11.6 Å². The highest BCUT2D eigenvalue weighted by molar-refractivity contribution is 6.32. The van der Waals surface area contributed by atoms with Crippen LogP contribution in [0.15, 0.2) is 6.07 Å². The zero-order chi connectivity index (χ0) is 12.4. The van der Waals surface area contributed by atoms with E-state index in [0.29, 0.717) is 12.5 Å². The van der Waals surface area contributed by atoms with Crippen molar-refractivity contribution in [2.24, 2.45) is 5.73 Å². The average Bonchev–Trinajstić information content (AvgIpc) is 2.34. The summed E-state index contributed by atoms with van der Waals surface area (Å²) >= 11 is 6.31. The molecule has 0 aliphatic carbocycles. The second-order valence-electron chi connectivity index (χ2n) is 4.81. The van der Waals surface area contributed by atoms with Gasteiger partial charge in [-0.15, -0.1) is 0 Å². The fourth-order valence-electron chi connectivity index (χ4n) is 2.60. The Labute approximate surface area is 108 Å². The van der Waals surface area contributed by atoms with Crippen LogP contribution in [0.2, 0.25) is 5.02 Å². The number of benzene rings is 1.